The summed E-state index contributed by atoms with van der Waals surface area (Å²) in [4.78, 5) is 23.1. The Morgan fingerprint density at radius 3 is 2.68 bits per heavy atom. The van der Waals surface area contributed by atoms with Gasteiger partial charge in [-0.1, -0.05) is 12.1 Å². The second kappa shape index (κ2) is 7.47. The van der Waals surface area contributed by atoms with Crippen LogP contribution in [0.25, 0.3) is 0 Å². The third kappa shape index (κ3) is 4.02. The van der Waals surface area contributed by atoms with E-state index >= 15 is 0 Å². The molecule has 0 aliphatic rings. The lowest BCUT2D eigenvalue weighted by Gasteiger charge is -2.06. The minimum Gasteiger partial charge on any atom is -0.464 e. The lowest BCUT2D eigenvalue weighted by atomic mass is 10.2. The molecular weight excluding hydrogens is 252 g/mol. The predicted molar refractivity (Wildman–Crippen MR) is 65.6 cm³/mol. The zero-order chi connectivity index (χ0) is 14.3. The Labute approximate surface area is 111 Å². The molecule has 0 aliphatic carbocycles. The zero-order valence-electron chi connectivity index (χ0n) is 11.3. The molecule has 106 valence electrons. The van der Waals surface area contributed by atoms with Crippen LogP contribution in [0.5, 0.6) is 0 Å². The number of hydrogen-bond donors (Lipinski definition) is 1. The van der Waals surface area contributed by atoms with Crippen molar-refractivity contribution in [3.63, 3.8) is 0 Å². The third-order valence-corrected chi connectivity index (χ3v) is 2.47. The molecule has 0 saturated carbocycles. The Morgan fingerprint density at radius 2 is 2.11 bits per heavy atom. The molecule has 0 spiro atoms. The molecule has 0 atom stereocenters. The van der Waals surface area contributed by atoms with Crippen molar-refractivity contribution < 1.29 is 19.1 Å². The Hall–Kier alpha value is -1.96. The summed E-state index contributed by atoms with van der Waals surface area (Å²) in [6.45, 7) is 2.73. The van der Waals surface area contributed by atoms with Crippen LogP contribution in [0.15, 0.2) is 0 Å². The molecule has 1 aromatic rings. The molecule has 8 nitrogen and oxygen atoms in total. The first kappa shape index (κ1) is 15.1. The van der Waals surface area contributed by atoms with Gasteiger partial charge in [-0.3, -0.25) is 4.79 Å². The van der Waals surface area contributed by atoms with Crippen LogP contribution in [0, 0.1) is 0 Å². The lowest BCUT2D eigenvalue weighted by molar-refractivity contribution is -0.122. The van der Waals surface area contributed by atoms with Crippen LogP contribution >= 0.6 is 0 Å². The molecular formula is C11H18N4O4. The van der Waals surface area contributed by atoms with Gasteiger partial charge in [-0.25, -0.2) is 9.48 Å². The molecule has 0 unspecified atom stereocenters. The first-order valence-corrected chi connectivity index (χ1v) is 5.90. The van der Waals surface area contributed by atoms with Crippen molar-refractivity contribution in [1.82, 2.24) is 20.3 Å². The van der Waals surface area contributed by atoms with Crippen LogP contribution < -0.4 is 5.32 Å². The largest absolute Gasteiger partial charge is 0.464 e. The summed E-state index contributed by atoms with van der Waals surface area (Å²) in [5, 5.41) is 10.2. The van der Waals surface area contributed by atoms with Crippen LogP contribution in [0.3, 0.4) is 0 Å². The van der Waals surface area contributed by atoms with E-state index in [1.54, 1.807) is 7.11 Å². The van der Waals surface area contributed by atoms with Crippen molar-refractivity contribution in [1.29, 1.82) is 0 Å². The number of carbonyl (C=O) groups is 2. The number of amides is 1. The van der Waals surface area contributed by atoms with Crippen LogP contribution in [0.2, 0.25) is 0 Å². The molecule has 0 saturated heterocycles. The van der Waals surface area contributed by atoms with Gasteiger partial charge in [-0.05, 0) is 6.42 Å². The highest BCUT2D eigenvalue weighted by atomic mass is 16.5. The fraction of sp³-hybridized carbons (Fsp3) is 0.636. The minimum atomic E-state index is -0.553. The van der Waals surface area contributed by atoms with Gasteiger partial charge in [0.05, 0.1) is 19.4 Å². The Kier molecular flexibility index (Phi) is 5.94. The fourth-order valence-electron chi connectivity index (χ4n) is 1.55. The van der Waals surface area contributed by atoms with E-state index in [9.17, 15) is 9.59 Å². The maximum atomic E-state index is 11.6. The molecule has 8 heteroatoms. The fourth-order valence-corrected chi connectivity index (χ4v) is 1.55. The van der Waals surface area contributed by atoms with Crippen molar-refractivity contribution in [3.8, 4) is 0 Å². The van der Waals surface area contributed by atoms with Gasteiger partial charge in [0.15, 0.2) is 5.69 Å². The van der Waals surface area contributed by atoms with E-state index in [2.05, 4.69) is 20.4 Å². The van der Waals surface area contributed by atoms with E-state index in [1.165, 1.54) is 11.8 Å². The van der Waals surface area contributed by atoms with Crippen LogP contribution in [-0.4, -0.2) is 54.2 Å². The zero-order valence-corrected chi connectivity index (χ0v) is 11.3. The average Bonchev–Trinajstić information content (AvgIpc) is 2.80. The molecule has 0 bridgehead atoms. The monoisotopic (exact) mass is 270 g/mol. The number of esters is 1. The van der Waals surface area contributed by atoms with Crippen molar-refractivity contribution >= 4 is 11.9 Å². The molecule has 0 radical (unpaired) electrons. The molecule has 0 aliphatic heterocycles. The van der Waals surface area contributed by atoms with E-state index in [0.29, 0.717) is 25.3 Å². The lowest BCUT2D eigenvalue weighted by Crippen LogP contribution is -2.31. The smallest absolute Gasteiger partial charge is 0.360 e. The molecule has 0 fully saturated rings. The highest BCUT2D eigenvalue weighted by molar-refractivity contribution is 5.88. The molecule has 1 N–H and O–H groups in total. The SMILES string of the molecule is CCc1c(C(=O)OC)nnn1CC(=O)NCCOC. The van der Waals surface area contributed by atoms with Gasteiger partial charge in [-0.2, -0.15) is 0 Å². The molecule has 1 aromatic heterocycles. The van der Waals surface area contributed by atoms with Gasteiger partial charge in [0, 0.05) is 13.7 Å². The van der Waals surface area contributed by atoms with E-state index in [1.807, 2.05) is 6.92 Å². The number of methoxy groups -OCH3 is 2. The predicted octanol–water partition coefficient (Wildman–Crippen LogP) is -0.610. The first-order chi connectivity index (χ1) is 9.13. The number of hydrogen-bond acceptors (Lipinski definition) is 6. The van der Waals surface area contributed by atoms with Crippen molar-refractivity contribution in [2.75, 3.05) is 27.4 Å². The van der Waals surface area contributed by atoms with Gasteiger partial charge in [-0.15, -0.1) is 5.10 Å². The molecule has 1 rings (SSSR count). The molecule has 19 heavy (non-hydrogen) atoms. The number of nitrogens with one attached hydrogen (secondary N) is 1. The summed E-state index contributed by atoms with van der Waals surface area (Å²) < 4.78 is 10.8. The minimum absolute atomic E-state index is 0.0108. The maximum absolute atomic E-state index is 11.6. The number of carbonyl (C=O) groups excluding carboxylic acids is 2. The van der Waals surface area contributed by atoms with Crippen LogP contribution in [0.1, 0.15) is 23.1 Å². The maximum Gasteiger partial charge on any atom is 0.360 e. The summed E-state index contributed by atoms with van der Waals surface area (Å²) in [5.41, 5.74) is 0.725. The Bertz CT molecular complexity index is 444. The number of rotatable bonds is 7. The quantitative estimate of drug-likeness (QED) is 0.524. The van der Waals surface area contributed by atoms with Crippen LogP contribution in [0.4, 0.5) is 0 Å². The Balaban J connectivity index is 2.70. The highest BCUT2D eigenvalue weighted by Crippen LogP contribution is 2.07. The van der Waals surface area contributed by atoms with Gasteiger partial charge in [0.25, 0.3) is 0 Å². The van der Waals surface area contributed by atoms with Gasteiger partial charge in [0.2, 0.25) is 5.91 Å². The van der Waals surface area contributed by atoms with E-state index < -0.39 is 5.97 Å². The van der Waals surface area contributed by atoms with E-state index in [0.717, 1.165) is 0 Å². The first-order valence-electron chi connectivity index (χ1n) is 5.90. The Morgan fingerprint density at radius 1 is 1.37 bits per heavy atom. The van der Waals surface area contributed by atoms with Gasteiger partial charge in [0.1, 0.15) is 6.54 Å². The third-order valence-electron chi connectivity index (χ3n) is 2.47. The van der Waals surface area contributed by atoms with Crippen LogP contribution in [-0.2, 0) is 27.2 Å². The normalized spacial score (nSPS) is 10.3. The molecule has 0 aromatic carbocycles. The summed E-state index contributed by atoms with van der Waals surface area (Å²) in [7, 11) is 2.83. The second-order valence-corrected chi connectivity index (χ2v) is 3.73. The topological polar surface area (TPSA) is 95.3 Å². The average molecular weight is 270 g/mol. The highest BCUT2D eigenvalue weighted by Gasteiger charge is 2.19. The molecule has 1 amide bonds. The summed E-state index contributed by atoms with van der Waals surface area (Å²) in [6.07, 6.45) is 0.531. The van der Waals surface area contributed by atoms with Crippen molar-refractivity contribution in [2.45, 2.75) is 19.9 Å². The summed E-state index contributed by atoms with van der Waals surface area (Å²) in [5.74, 6) is -0.768. The molecule has 1 heterocycles. The summed E-state index contributed by atoms with van der Waals surface area (Å²) in [6, 6.07) is 0. The van der Waals surface area contributed by atoms with E-state index in [4.69, 9.17) is 4.74 Å². The van der Waals surface area contributed by atoms with Crippen molar-refractivity contribution in [3.05, 3.63) is 11.4 Å². The number of aromatic nitrogens is 3. The van der Waals surface area contributed by atoms with Crippen molar-refractivity contribution in [2.24, 2.45) is 0 Å². The summed E-state index contributed by atoms with van der Waals surface area (Å²) >= 11 is 0. The number of nitrogens with zero attached hydrogens (tertiary/aromatic N) is 3. The van der Waals surface area contributed by atoms with Gasteiger partial charge < -0.3 is 14.8 Å². The number of ether oxygens (including phenoxy) is 2. The standard InChI is InChI=1S/C11H18N4O4/c1-4-8-10(11(17)19-3)13-14-15(8)7-9(16)12-5-6-18-2/h4-7H2,1-3H3,(H,12,16). The van der Waals surface area contributed by atoms with Gasteiger partial charge >= 0.3 is 5.97 Å². The second-order valence-electron chi connectivity index (χ2n) is 3.73. The van der Waals surface area contributed by atoms with E-state index in [-0.39, 0.29) is 18.1 Å².